The number of hydrogen-bond acceptors (Lipinski definition) is 3. The molecular weight excluding hydrogens is 454 g/mol. The molecule has 3 nitrogen and oxygen atoms in total. The van der Waals surface area contributed by atoms with Crippen LogP contribution in [0.5, 0.6) is 0 Å². The third-order valence-corrected chi connectivity index (χ3v) is 8.09. The average Bonchev–Trinajstić information content (AvgIpc) is 3.50. The molecule has 0 aliphatic carbocycles. The molecule has 6 aromatic rings. The van der Waals surface area contributed by atoms with Crippen LogP contribution in [0, 0.1) is 5.41 Å². The molecule has 2 heterocycles. The van der Waals surface area contributed by atoms with E-state index in [2.05, 4.69) is 99.5 Å². The third-order valence-electron chi connectivity index (χ3n) is 8.09. The number of nitrogens with zero attached hydrogens (tertiary/aromatic N) is 1. The largest absolute Gasteiger partial charge is 0.456 e. The molecule has 0 aliphatic rings. The molecule has 0 spiro atoms. The Kier molecular flexibility index (Phi) is 5.45. The van der Waals surface area contributed by atoms with Crippen LogP contribution in [-0.2, 0) is 0 Å². The lowest BCUT2D eigenvalue weighted by Gasteiger charge is -2.39. The number of hydrogen-bond donors (Lipinski definition) is 0. The molecule has 4 aromatic carbocycles. The van der Waals surface area contributed by atoms with E-state index >= 15 is 0 Å². The summed E-state index contributed by atoms with van der Waals surface area (Å²) in [6, 6.07) is 29.3. The van der Waals surface area contributed by atoms with Crippen LogP contribution in [0.25, 0.3) is 43.9 Å². The fourth-order valence-corrected chi connectivity index (χ4v) is 5.46. The van der Waals surface area contributed by atoms with Crippen molar-refractivity contribution in [1.82, 2.24) is 0 Å². The maximum Gasteiger partial charge on any atom is 0.135 e. The van der Waals surface area contributed by atoms with Gasteiger partial charge in [-0.15, -0.1) is 6.58 Å². The lowest BCUT2D eigenvalue weighted by molar-refractivity contribution is 0.464. The lowest BCUT2D eigenvalue weighted by Crippen LogP contribution is -2.35. The summed E-state index contributed by atoms with van der Waals surface area (Å²) in [5, 5.41) is 4.44. The number of fused-ring (bicyclic) bond motifs is 6. The molecular formula is C34H31NO2. The number of anilines is 2. The van der Waals surface area contributed by atoms with Gasteiger partial charge < -0.3 is 13.7 Å². The summed E-state index contributed by atoms with van der Waals surface area (Å²) in [6.45, 7) is 15.4. The van der Waals surface area contributed by atoms with E-state index in [0.29, 0.717) is 0 Å². The van der Waals surface area contributed by atoms with Crippen LogP contribution in [-0.4, -0.2) is 6.04 Å². The summed E-state index contributed by atoms with van der Waals surface area (Å²) in [4.78, 5) is 2.38. The molecule has 0 fully saturated rings. The van der Waals surface area contributed by atoms with Crippen LogP contribution in [0.15, 0.2) is 119 Å². The Labute approximate surface area is 217 Å². The SMILES string of the molecule is C=CC(C)(CC)C(=C)[C@@H](C)N(c1ccc2oc3ccccc3c2c1)c1ccc2oc3ccccc3c2c1. The Morgan fingerprint density at radius 1 is 0.784 bits per heavy atom. The smallest absolute Gasteiger partial charge is 0.135 e. The van der Waals surface area contributed by atoms with Crippen molar-refractivity contribution in [2.75, 3.05) is 4.90 Å². The van der Waals surface area contributed by atoms with Gasteiger partial charge in [0, 0.05) is 38.3 Å². The highest BCUT2D eigenvalue weighted by atomic mass is 16.3. The van der Waals surface area contributed by atoms with Crippen LogP contribution in [0.1, 0.15) is 27.2 Å². The second-order valence-electron chi connectivity index (χ2n) is 10.1. The maximum atomic E-state index is 6.12. The number of para-hydroxylation sites is 2. The summed E-state index contributed by atoms with van der Waals surface area (Å²) in [7, 11) is 0. The van der Waals surface area contributed by atoms with Gasteiger partial charge in [-0.1, -0.05) is 62.9 Å². The highest BCUT2D eigenvalue weighted by molar-refractivity contribution is 6.07. The van der Waals surface area contributed by atoms with E-state index < -0.39 is 0 Å². The molecule has 184 valence electrons. The second kappa shape index (κ2) is 8.70. The van der Waals surface area contributed by atoms with Crippen molar-refractivity contribution >= 4 is 55.3 Å². The van der Waals surface area contributed by atoms with Crippen molar-refractivity contribution in [2.24, 2.45) is 5.41 Å². The van der Waals surface area contributed by atoms with E-state index in [4.69, 9.17) is 8.83 Å². The first kappa shape index (κ1) is 23.2. The molecule has 37 heavy (non-hydrogen) atoms. The molecule has 0 saturated heterocycles. The van der Waals surface area contributed by atoms with E-state index in [1.54, 1.807) is 0 Å². The van der Waals surface area contributed by atoms with E-state index in [9.17, 15) is 0 Å². The molecule has 1 unspecified atom stereocenters. The van der Waals surface area contributed by atoms with Crippen molar-refractivity contribution < 1.29 is 8.83 Å². The van der Waals surface area contributed by atoms with Gasteiger partial charge in [-0.3, -0.25) is 0 Å². The maximum absolute atomic E-state index is 6.12. The average molecular weight is 486 g/mol. The molecule has 0 bridgehead atoms. The first-order valence-electron chi connectivity index (χ1n) is 12.9. The zero-order valence-corrected chi connectivity index (χ0v) is 21.6. The Hall–Kier alpha value is -4.24. The standard InChI is InChI=1S/C34H31NO2/c1-6-34(5,7-2)22(3)23(4)35(24-16-18-32-28(20-24)26-12-8-10-14-30(26)36-32)25-17-19-33-29(21-25)27-13-9-11-15-31(27)37-33/h6,8-21,23H,1,3,7H2,2,4-5H3/t23-,34?/m1/s1. The Morgan fingerprint density at radius 3 is 1.70 bits per heavy atom. The zero-order valence-electron chi connectivity index (χ0n) is 21.6. The van der Waals surface area contributed by atoms with Gasteiger partial charge in [-0.05, 0) is 67.4 Å². The van der Waals surface area contributed by atoms with Crippen LogP contribution in [0.2, 0.25) is 0 Å². The van der Waals surface area contributed by atoms with Crippen LogP contribution >= 0.6 is 0 Å². The predicted octanol–water partition coefficient (Wildman–Crippen LogP) is 10.2. The predicted molar refractivity (Wildman–Crippen MR) is 157 cm³/mol. The van der Waals surface area contributed by atoms with Crippen LogP contribution in [0.3, 0.4) is 0 Å². The number of benzene rings is 4. The topological polar surface area (TPSA) is 29.5 Å². The summed E-state index contributed by atoms with van der Waals surface area (Å²) >= 11 is 0. The van der Waals surface area contributed by atoms with Gasteiger partial charge in [0.05, 0.1) is 6.04 Å². The molecule has 0 aliphatic heterocycles. The van der Waals surface area contributed by atoms with Gasteiger partial charge in [0.2, 0.25) is 0 Å². The normalized spacial score (nSPS) is 14.2. The lowest BCUT2D eigenvalue weighted by atomic mass is 9.77. The van der Waals surface area contributed by atoms with Gasteiger partial charge in [0.1, 0.15) is 22.3 Å². The molecule has 0 radical (unpaired) electrons. The Balaban J connectivity index is 1.57. The summed E-state index contributed by atoms with van der Waals surface area (Å²) < 4.78 is 12.2. The second-order valence-corrected chi connectivity index (χ2v) is 10.1. The molecule has 0 N–H and O–H groups in total. The van der Waals surface area contributed by atoms with Gasteiger partial charge >= 0.3 is 0 Å². The first-order valence-corrected chi connectivity index (χ1v) is 12.9. The first-order chi connectivity index (χ1) is 17.9. The number of allylic oxidation sites excluding steroid dienone is 1. The van der Waals surface area contributed by atoms with E-state index in [1.165, 1.54) is 0 Å². The minimum atomic E-state index is -0.184. The Bertz CT molecular complexity index is 1690. The minimum absolute atomic E-state index is 0.00850. The number of furan rings is 2. The summed E-state index contributed by atoms with van der Waals surface area (Å²) in [5.41, 5.74) is 6.68. The van der Waals surface area contributed by atoms with Crippen molar-refractivity contribution in [3.05, 3.63) is 110 Å². The fourth-order valence-electron chi connectivity index (χ4n) is 5.46. The minimum Gasteiger partial charge on any atom is -0.456 e. The van der Waals surface area contributed by atoms with E-state index in [1.807, 2.05) is 30.3 Å². The third kappa shape index (κ3) is 3.65. The zero-order chi connectivity index (χ0) is 25.7. The van der Waals surface area contributed by atoms with Crippen molar-refractivity contribution in [2.45, 2.75) is 33.2 Å². The number of rotatable bonds is 7. The Morgan fingerprint density at radius 2 is 1.24 bits per heavy atom. The van der Waals surface area contributed by atoms with Gasteiger partial charge in [0.25, 0.3) is 0 Å². The van der Waals surface area contributed by atoms with Crippen molar-refractivity contribution in [3.8, 4) is 0 Å². The fraction of sp³-hybridized carbons (Fsp3) is 0.176. The molecule has 2 atom stereocenters. The molecule has 0 saturated carbocycles. The van der Waals surface area contributed by atoms with E-state index in [0.717, 1.165) is 67.2 Å². The monoisotopic (exact) mass is 485 g/mol. The van der Waals surface area contributed by atoms with Gasteiger partial charge in [-0.2, -0.15) is 0 Å². The molecule has 0 amide bonds. The van der Waals surface area contributed by atoms with Crippen LogP contribution in [0.4, 0.5) is 11.4 Å². The van der Waals surface area contributed by atoms with Gasteiger partial charge in [0.15, 0.2) is 0 Å². The highest BCUT2D eigenvalue weighted by Gasteiger charge is 2.30. The summed E-state index contributed by atoms with van der Waals surface area (Å²) in [6.07, 6.45) is 2.97. The van der Waals surface area contributed by atoms with Crippen LogP contribution < -0.4 is 4.90 Å². The molecule has 6 rings (SSSR count). The van der Waals surface area contributed by atoms with Crippen molar-refractivity contribution in [3.63, 3.8) is 0 Å². The molecule has 2 aromatic heterocycles. The van der Waals surface area contributed by atoms with E-state index in [-0.39, 0.29) is 11.5 Å². The summed E-state index contributed by atoms with van der Waals surface area (Å²) in [5.74, 6) is 0. The highest BCUT2D eigenvalue weighted by Crippen LogP contribution is 2.42. The van der Waals surface area contributed by atoms with Gasteiger partial charge in [-0.25, -0.2) is 0 Å². The van der Waals surface area contributed by atoms with Crippen molar-refractivity contribution in [1.29, 1.82) is 0 Å². The quantitative estimate of drug-likeness (QED) is 0.211. The molecule has 3 heteroatoms.